The van der Waals surface area contributed by atoms with Crippen molar-refractivity contribution in [3.63, 3.8) is 0 Å². The molecule has 7 heteroatoms. The van der Waals surface area contributed by atoms with Gasteiger partial charge < -0.3 is 19.7 Å². The highest BCUT2D eigenvalue weighted by molar-refractivity contribution is 7.17. The minimum atomic E-state index is -0.427. The molecule has 1 atom stereocenters. The van der Waals surface area contributed by atoms with E-state index < -0.39 is 6.04 Å². The quantitative estimate of drug-likeness (QED) is 0.677. The second-order valence-electron chi connectivity index (χ2n) is 10.4. The van der Waals surface area contributed by atoms with Gasteiger partial charge in [0.25, 0.3) is 5.91 Å². The van der Waals surface area contributed by atoms with Gasteiger partial charge in [0.2, 0.25) is 5.91 Å². The molecule has 1 N–H and O–H groups in total. The molecule has 5 rings (SSSR count). The zero-order chi connectivity index (χ0) is 22.8. The number of aromatic nitrogens is 1. The van der Waals surface area contributed by atoms with Gasteiger partial charge in [-0.2, -0.15) is 0 Å². The zero-order valence-electron chi connectivity index (χ0n) is 19.9. The van der Waals surface area contributed by atoms with Crippen molar-refractivity contribution in [2.75, 3.05) is 26.2 Å². The van der Waals surface area contributed by atoms with Crippen molar-refractivity contribution in [1.29, 1.82) is 0 Å². The Hall–Kier alpha value is -1.86. The van der Waals surface area contributed by atoms with Crippen LogP contribution in [-0.2, 0) is 11.3 Å². The van der Waals surface area contributed by atoms with Gasteiger partial charge in [0, 0.05) is 12.6 Å². The minimum absolute atomic E-state index is 0.0120. The normalized spacial score (nSPS) is 26.9. The highest BCUT2D eigenvalue weighted by Gasteiger charge is 2.38. The largest absolute Gasteiger partial charge is 0.352 e. The lowest BCUT2D eigenvalue weighted by atomic mass is 9.87. The highest BCUT2D eigenvalue weighted by Crippen LogP contribution is 2.31. The van der Waals surface area contributed by atoms with Crippen LogP contribution in [-0.4, -0.2) is 64.4 Å². The molecule has 1 unspecified atom stereocenters. The van der Waals surface area contributed by atoms with Crippen LogP contribution in [0, 0.1) is 5.92 Å². The van der Waals surface area contributed by atoms with E-state index in [-0.39, 0.29) is 17.9 Å². The third-order valence-electron chi connectivity index (χ3n) is 7.97. The Labute approximate surface area is 201 Å². The Morgan fingerprint density at radius 3 is 2.61 bits per heavy atom. The summed E-state index contributed by atoms with van der Waals surface area (Å²) in [6.45, 7) is 6.83. The Morgan fingerprint density at radius 1 is 1.09 bits per heavy atom. The van der Waals surface area contributed by atoms with E-state index in [1.165, 1.54) is 38.5 Å². The van der Waals surface area contributed by atoms with Crippen LogP contribution >= 0.6 is 11.3 Å². The molecule has 0 bridgehead atoms. The molecular weight excluding hydrogens is 432 g/mol. The third kappa shape index (κ3) is 4.99. The smallest absolute Gasteiger partial charge is 0.271 e. The van der Waals surface area contributed by atoms with E-state index in [9.17, 15) is 9.59 Å². The summed E-state index contributed by atoms with van der Waals surface area (Å²) < 4.78 is 3.21. The van der Waals surface area contributed by atoms with Crippen molar-refractivity contribution in [3.05, 3.63) is 23.2 Å². The molecular formula is C26H38N4O2S. The van der Waals surface area contributed by atoms with Gasteiger partial charge in [-0.05, 0) is 88.0 Å². The standard InChI is InChI=1S/C26H38N4O2S/c1-19-7-9-20(10-8-19)27-25(31)23-18-30-21-11-16-33-24(21)17-22(30)26(32)29(23)15-6-14-28-12-4-2-3-5-13-28/h11,16-17,19-20,23H,2-10,12-15,18H2,1H3,(H,27,31). The summed E-state index contributed by atoms with van der Waals surface area (Å²) in [5.74, 6) is 0.789. The van der Waals surface area contributed by atoms with Crippen LogP contribution < -0.4 is 5.32 Å². The summed E-state index contributed by atoms with van der Waals surface area (Å²) in [6.07, 6.45) is 10.6. The number of hydrogen-bond donors (Lipinski definition) is 1. The lowest BCUT2D eigenvalue weighted by Crippen LogP contribution is -2.57. The SMILES string of the molecule is CC1CCC(NC(=O)C2Cn3c(cc4sccc43)C(=O)N2CCCN2CCCCCC2)CC1. The molecule has 0 radical (unpaired) electrons. The third-order valence-corrected chi connectivity index (χ3v) is 8.82. The summed E-state index contributed by atoms with van der Waals surface area (Å²) in [5, 5.41) is 5.38. The summed E-state index contributed by atoms with van der Waals surface area (Å²) in [4.78, 5) is 31.5. The van der Waals surface area contributed by atoms with Gasteiger partial charge in [-0.3, -0.25) is 9.59 Å². The number of nitrogens with zero attached hydrogens (tertiary/aromatic N) is 3. The maximum Gasteiger partial charge on any atom is 0.271 e. The molecule has 0 aromatic carbocycles. The van der Waals surface area contributed by atoms with Crippen molar-refractivity contribution in [2.24, 2.45) is 5.92 Å². The second kappa shape index (κ2) is 10.2. The first-order chi connectivity index (χ1) is 16.1. The molecule has 2 aliphatic heterocycles. The predicted molar refractivity (Wildman–Crippen MR) is 134 cm³/mol. The van der Waals surface area contributed by atoms with Gasteiger partial charge in [-0.1, -0.05) is 19.8 Å². The number of likely N-dealkylation sites (tertiary alicyclic amines) is 1. The summed E-state index contributed by atoms with van der Waals surface area (Å²) in [5.41, 5.74) is 1.82. The van der Waals surface area contributed by atoms with E-state index in [0.717, 1.165) is 60.7 Å². The average Bonchev–Trinajstić information content (AvgIpc) is 3.30. The van der Waals surface area contributed by atoms with E-state index in [1.807, 2.05) is 11.0 Å². The molecule has 2 amide bonds. The van der Waals surface area contributed by atoms with Crippen LogP contribution in [0.4, 0.5) is 0 Å². The molecule has 1 saturated carbocycles. The van der Waals surface area contributed by atoms with Crippen molar-refractivity contribution < 1.29 is 9.59 Å². The van der Waals surface area contributed by atoms with Gasteiger partial charge in [-0.15, -0.1) is 11.3 Å². The zero-order valence-corrected chi connectivity index (χ0v) is 20.7. The van der Waals surface area contributed by atoms with Crippen LogP contribution in [0.25, 0.3) is 10.2 Å². The van der Waals surface area contributed by atoms with Crippen LogP contribution in [0.2, 0.25) is 0 Å². The number of thiophene rings is 1. The molecule has 2 aromatic heterocycles. The van der Waals surface area contributed by atoms with Crippen LogP contribution in [0.1, 0.15) is 75.2 Å². The molecule has 4 heterocycles. The first-order valence-corrected chi connectivity index (χ1v) is 13.9. The predicted octanol–water partition coefficient (Wildman–Crippen LogP) is 4.49. The topological polar surface area (TPSA) is 57.6 Å². The molecule has 1 aliphatic carbocycles. The first-order valence-electron chi connectivity index (χ1n) is 13.0. The number of carbonyl (C=O) groups is 2. The minimum Gasteiger partial charge on any atom is -0.352 e. The number of carbonyl (C=O) groups excluding carboxylic acids is 2. The van der Waals surface area contributed by atoms with E-state index in [0.29, 0.717) is 13.1 Å². The van der Waals surface area contributed by atoms with Gasteiger partial charge in [0.05, 0.1) is 16.8 Å². The highest BCUT2D eigenvalue weighted by atomic mass is 32.1. The Bertz CT molecular complexity index is 966. The van der Waals surface area contributed by atoms with E-state index in [2.05, 4.69) is 33.2 Å². The van der Waals surface area contributed by atoms with Gasteiger partial charge in [-0.25, -0.2) is 0 Å². The average molecular weight is 471 g/mol. The van der Waals surface area contributed by atoms with Crippen LogP contribution in [0.15, 0.2) is 17.5 Å². The lowest BCUT2D eigenvalue weighted by molar-refractivity contribution is -0.127. The second-order valence-corrected chi connectivity index (χ2v) is 11.3. The number of hydrogen-bond acceptors (Lipinski definition) is 4. The number of amides is 2. The molecule has 3 aliphatic rings. The lowest BCUT2D eigenvalue weighted by Gasteiger charge is -2.37. The molecule has 6 nitrogen and oxygen atoms in total. The van der Waals surface area contributed by atoms with Gasteiger partial charge in [0.1, 0.15) is 11.7 Å². The van der Waals surface area contributed by atoms with Crippen molar-refractivity contribution >= 4 is 33.4 Å². The Morgan fingerprint density at radius 2 is 1.85 bits per heavy atom. The monoisotopic (exact) mass is 470 g/mol. The molecule has 2 aromatic rings. The molecule has 180 valence electrons. The van der Waals surface area contributed by atoms with Crippen LogP contribution in [0.5, 0.6) is 0 Å². The summed E-state index contributed by atoms with van der Waals surface area (Å²) >= 11 is 1.66. The maximum absolute atomic E-state index is 13.6. The Kier molecular flexibility index (Phi) is 7.07. The number of rotatable bonds is 6. The van der Waals surface area contributed by atoms with Gasteiger partial charge >= 0.3 is 0 Å². The van der Waals surface area contributed by atoms with Crippen molar-refractivity contribution in [1.82, 2.24) is 19.7 Å². The molecule has 33 heavy (non-hydrogen) atoms. The van der Waals surface area contributed by atoms with E-state index in [4.69, 9.17) is 0 Å². The Balaban J connectivity index is 1.31. The van der Waals surface area contributed by atoms with Gasteiger partial charge in [0.15, 0.2) is 0 Å². The molecule has 0 spiro atoms. The summed E-state index contributed by atoms with van der Waals surface area (Å²) in [6, 6.07) is 3.91. The number of nitrogens with one attached hydrogen (secondary N) is 1. The van der Waals surface area contributed by atoms with Crippen molar-refractivity contribution in [3.8, 4) is 0 Å². The fourth-order valence-corrected chi connectivity index (χ4v) is 6.74. The fourth-order valence-electron chi connectivity index (χ4n) is 5.92. The first kappa shape index (κ1) is 22.9. The summed E-state index contributed by atoms with van der Waals surface area (Å²) in [7, 11) is 0. The fraction of sp³-hybridized carbons (Fsp3) is 0.692. The van der Waals surface area contributed by atoms with Crippen LogP contribution in [0.3, 0.4) is 0 Å². The van der Waals surface area contributed by atoms with E-state index >= 15 is 0 Å². The molecule has 2 fully saturated rings. The van der Waals surface area contributed by atoms with Crippen molar-refractivity contribution in [2.45, 2.75) is 83.3 Å². The van der Waals surface area contributed by atoms with E-state index in [1.54, 1.807) is 11.3 Å². The molecule has 1 saturated heterocycles. The maximum atomic E-state index is 13.6. The number of fused-ring (bicyclic) bond motifs is 3.